The SMILES string of the molecule is CCOc1cc(C(=O)NCCCc2nn(-c3ccc(F)cc3)c(N)c2C#N)c([N+](=O)[O-])cc1OC. The molecule has 0 spiro atoms. The highest BCUT2D eigenvalue weighted by molar-refractivity contribution is 5.99. The summed E-state index contributed by atoms with van der Waals surface area (Å²) in [7, 11) is 1.35. The normalized spacial score (nSPS) is 10.5. The first kappa shape index (κ1) is 25.0. The van der Waals surface area contributed by atoms with Crippen LogP contribution in [-0.4, -0.2) is 40.9 Å². The van der Waals surface area contributed by atoms with Crippen LogP contribution in [-0.2, 0) is 6.42 Å². The van der Waals surface area contributed by atoms with Crippen molar-refractivity contribution in [2.45, 2.75) is 19.8 Å². The van der Waals surface area contributed by atoms with Crippen molar-refractivity contribution in [2.75, 3.05) is 26.0 Å². The Bertz CT molecular complexity index is 1280. The molecule has 2 aromatic carbocycles. The van der Waals surface area contributed by atoms with Gasteiger partial charge in [0.2, 0.25) is 0 Å². The number of hydrogen-bond donors (Lipinski definition) is 2. The standard InChI is InChI=1S/C23H23FN6O5/c1-3-35-21-11-16(19(30(32)33)12-20(21)34-2)23(31)27-10-4-5-18-17(13-25)22(26)29(28-18)15-8-6-14(24)7-9-15/h6-9,11-12H,3-5,10,26H2,1-2H3,(H,27,31). The molecule has 0 saturated heterocycles. The molecule has 0 atom stereocenters. The molecule has 35 heavy (non-hydrogen) atoms. The molecule has 0 aliphatic rings. The van der Waals surface area contributed by atoms with Crippen LogP contribution in [0.5, 0.6) is 11.5 Å². The summed E-state index contributed by atoms with van der Waals surface area (Å²) in [4.78, 5) is 23.5. The van der Waals surface area contributed by atoms with Crippen LogP contribution in [0.3, 0.4) is 0 Å². The largest absolute Gasteiger partial charge is 0.493 e. The Morgan fingerprint density at radius 1 is 1.31 bits per heavy atom. The lowest BCUT2D eigenvalue weighted by Crippen LogP contribution is -2.25. The maximum Gasteiger partial charge on any atom is 0.286 e. The van der Waals surface area contributed by atoms with Gasteiger partial charge in [0, 0.05) is 12.6 Å². The van der Waals surface area contributed by atoms with Gasteiger partial charge in [0.15, 0.2) is 11.5 Å². The van der Waals surface area contributed by atoms with Crippen molar-refractivity contribution in [1.82, 2.24) is 15.1 Å². The van der Waals surface area contributed by atoms with Crippen molar-refractivity contribution >= 4 is 17.4 Å². The predicted octanol–water partition coefficient (Wildman–Crippen LogP) is 3.14. The van der Waals surface area contributed by atoms with E-state index in [0.29, 0.717) is 24.2 Å². The first-order chi connectivity index (χ1) is 16.8. The number of carbonyl (C=O) groups excluding carboxylic acids is 1. The number of aryl methyl sites for hydroxylation is 1. The van der Waals surface area contributed by atoms with Gasteiger partial charge in [0.05, 0.1) is 36.1 Å². The number of carbonyl (C=O) groups is 1. The van der Waals surface area contributed by atoms with Gasteiger partial charge in [-0.1, -0.05) is 0 Å². The quantitative estimate of drug-likeness (QED) is 0.253. The van der Waals surface area contributed by atoms with Crippen molar-refractivity contribution in [3.8, 4) is 23.3 Å². The smallest absolute Gasteiger partial charge is 0.286 e. The summed E-state index contributed by atoms with van der Waals surface area (Å²) in [5.41, 5.74) is 6.57. The first-order valence-electron chi connectivity index (χ1n) is 10.6. The fourth-order valence-electron chi connectivity index (χ4n) is 3.42. The second-order valence-corrected chi connectivity index (χ2v) is 7.28. The molecule has 0 fully saturated rings. The number of nitrogens with zero attached hydrogens (tertiary/aromatic N) is 4. The van der Waals surface area contributed by atoms with E-state index in [0.717, 1.165) is 6.07 Å². The van der Waals surface area contributed by atoms with E-state index in [1.807, 2.05) is 6.07 Å². The van der Waals surface area contributed by atoms with E-state index in [2.05, 4.69) is 10.4 Å². The summed E-state index contributed by atoms with van der Waals surface area (Å²) in [6.07, 6.45) is 0.680. The molecule has 3 N–H and O–H groups in total. The van der Waals surface area contributed by atoms with Gasteiger partial charge in [0.25, 0.3) is 11.6 Å². The Morgan fingerprint density at radius 2 is 2.03 bits per heavy atom. The molecular formula is C23H23FN6O5. The third-order valence-corrected chi connectivity index (χ3v) is 5.08. The van der Waals surface area contributed by atoms with Crippen LogP contribution >= 0.6 is 0 Å². The number of nitrogen functional groups attached to an aromatic ring is 1. The fourth-order valence-corrected chi connectivity index (χ4v) is 3.42. The number of ether oxygens (including phenoxy) is 2. The molecule has 0 unspecified atom stereocenters. The van der Waals surface area contributed by atoms with Crippen molar-refractivity contribution < 1.29 is 23.6 Å². The van der Waals surface area contributed by atoms with Crippen LogP contribution < -0.4 is 20.5 Å². The Balaban J connectivity index is 1.72. The second kappa shape index (κ2) is 11.0. The number of hydrogen-bond acceptors (Lipinski definition) is 8. The minimum atomic E-state index is -0.669. The van der Waals surface area contributed by atoms with Gasteiger partial charge in [-0.2, -0.15) is 10.4 Å². The highest BCUT2D eigenvalue weighted by atomic mass is 19.1. The summed E-state index contributed by atoms with van der Waals surface area (Å²) >= 11 is 0. The average Bonchev–Trinajstić information content (AvgIpc) is 3.16. The lowest BCUT2D eigenvalue weighted by Gasteiger charge is -2.12. The molecule has 11 nitrogen and oxygen atoms in total. The molecule has 0 aliphatic carbocycles. The van der Waals surface area contributed by atoms with Gasteiger partial charge in [0.1, 0.15) is 28.8 Å². The number of amides is 1. The number of nitrogens with one attached hydrogen (secondary N) is 1. The third-order valence-electron chi connectivity index (χ3n) is 5.08. The Labute approximate surface area is 200 Å². The number of benzene rings is 2. The third kappa shape index (κ3) is 5.47. The van der Waals surface area contributed by atoms with Crippen LogP contribution in [0.25, 0.3) is 5.69 Å². The highest BCUT2D eigenvalue weighted by Crippen LogP contribution is 2.34. The van der Waals surface area contributed by atoms with E-state index in [4.69, 9.17) is 15.2 Å². The lowest BCUT2D eigenvalue weighted by atomic mass is 10.1. The number of nitro groups is 1. The molecule has 1 heterocycles. The number of anilines is 1. The fraction of sp³-hybridized carbons (Fsp3) is 0.261. The van der Waals surface area contributed by atoms with Gasteiger partial charge in [-0.3, -0.25) is 14.9 Å². The van der Waals surface area contributed by atoms with Gasteiger partial charge >= 0.3 is 0 Å². The molecule has 182 valence electrons. The Morgan fingerprint density at radius 3 is 2.63 bits per heavy atom. The molecule has 0 bridgehead atoms. The highest BCUT2D eigenvalue weighted by Gasteiger charge is 2.24. The zero-order valence-corrected chi connectivity index (χ0v) is 19.1. The van der Waals surface area contributed by atoms with Crippen LogP contribution in [0.1, 0.15) is 35.0 Å². The van der Waals surface area contributed by atoms with E-state index in [1.165, 1.54) is 42.1 Å². The monoisotopic (exact) mass is 482 g/mol. The van der Waals surface area contributed by atoms with E-state index in [-0.39, 0.29) is 41.6 Å². The molecular weight excluding hydrogens is 459 g/mol. The van der Waals surface area contributed by atoms with Crippen LogP contribution in [0.4, 0.5) is 15.9 Å². The Kier molecular flexibility index (Phi) is 7.83. The number of nitrogens with two attached hydrogens (primary N) is 1. The van der Waals surface area contributed by atoms with Crippen LogP contribution in [0.2, 0.25) is 0 Å². The zero-order valence-electron chi connectivity index (χ0n) is 19.1. The minimum Gasteiger partial charge on any atom is -0.493 e. The Hall–Kier alpha value is -4.66. The van der Waals surface area contributed by atoms with Gasteiger partial charge in [-0.05, 0) is 44.0 Å². The van der Waals surface area contributed by atoms with Crippen molar-refractivity contribution in [3.05, 3.63) is 69.2 Å². The molecule has 1 aromatic heterocycles. The van der Waals surface area contributed by atoms with Gasteiger partial charge < -0.3 is 20.5 Å². The van der Waals surface area contributed by atoms with E-state index in [1.54, 1.807) is 6.92 Å². The molecule has 0 saturated carbocycles. The summed E-state index contributed by atoms with van der Waals surface area (Å²) in [5.74, 6) is -0.589. The van der Waals surface area contributed by atoms with Crippen molar-refractivity contribution in [1.29, 1.82) is 5.26 Å². The van der Waals surface area contributed by atoms with E-state index in [9.17, 15) is 24.6 Å². The topological polar surface area (TPSA) is 158 Å². The van der Waals surface area contributed by atoms with Gasteiger partial charge in [-0.15, -0.1) is 0 Å². The van der Waals surface area contributed by atoms with Gasteiger partial charge in [-0.25, -0.2) is 9.07 Å². The number of rotatable bonds is 10. The van der Waals surface area contributed by atoms with Crippen molar-refractivity contribution in [2.24, 2.45) is 0 Å². The molecule has 0 aliphatic heterocycles. The van der Waals surface area contributed by atoms with Crippen LogP contribution in [0.15, 0.2) is 36.4 Å². The predicted molar refractivity (Wildman–Crippen MR) is 124 cm³/mol. The average molecular weight is 482 g/mol. The summed E-state index contributed by atoms with van der Waals surface area (Å²) in [5, 5.41) is 28.0. The molecule has 1 amide bonds. The minimum absolute atomic E-state index is 0.121. The maximum absolute atomic E-state index is 13.2. The van der Waals surface area contributed by atoms with Crippen LogP contribution in [0, 0.1) is 27.3 Å². The maximum atomic E-state index is 13.2. The number of nitriles is 1. The zero-order chi connectivity index (χ0) is 25.5. The second-order valence-electron chi connectivity index (χ2n) is 7.28. The molecule has 3 aromatic rings. The summed E-state index contributed by atoms with van der Waals surface area (Å²) in [6, 6.07) is 9.93. The van der Waals surface area contributed by atoms with E-state index < -0.39 is 22.3 Å². The number of nitro benzene ring substituents is 1. The lowest BCUT2D eigenvalue weighted by molar-refractivity contribution is -0.385. The molecule has 3 rings (SSSR count). The van der Waals surface area contributed by atoms with Crippen molar-refractivity contribution in [3.63, 3.8) is 0 Å². The molecule has 12 heteroatoms. The summed E-state index contributed by atoms with van der Waals surface area (Å²) < 4.78 is 25.1. The number of halogens is 1. The number of aromatic nitrogens is 2. The number of methoxy groups -OCH3 is 1. The van der Waals surface area contributed by atoms with E-state index >= 15 is 0 Å². The first-order valence-corrected chi connectivity index (χ1v) is 10.6. The molecule has 0 radical (unpaired) electrons. The summed E-state index contributed by atoms with van der Waals surface area (Å²) in [6.45, 7) is 2.17.